The number of fused-ring (bicyclic) bond motifs is 2. The van der Waals surface area contributed by atoms with Crippen LogP contribution in [0.25, 0.3) is 22.3 Å². The third-order valence-electron chi connectivity index (χ3n) is 13.2. The van der Waals surface area contributed by atoms with E-state index in [9.17, 15) is 52.8 Å². The van der Waals surface area contributed by atoms with Crippen molar-refractivity contribution in [1.82, 2.24) is 64.4 Å². The zero-order valence-corrected chi connectivity index (χ0v) is 48.9. The molecule has 4 aromatic carbocycles. The van der Waals surface area contributed by atoms with Crippen LogP contribution in [0.3, 0.4) is 0 Å². The molecule has 3 N–H and O–H groups in total. The van der Waals surface area contributed by atoms with Crippen LogP contribution >= 0.6 is 11.6 Å². The molecule has 460 valence electrons. The van der Waals surface area contributed by atoms with E-state index in [-0.39, 0.29) is 55.6 Å². The minimum Gasteiger partial charge on any atom is -0.406 e. The van der Waals surface area contributed by atoms with Gasteiger partial charge in [-0.05, 0) is 83.6 Å². The monoisotopic (exact) mass is 1270 g/mol. The van der Waals surface area contributed by atoms with Gasteiger partial charge in [0.25, 0.3) is 0 Å². The number of amides is 2. The van der Waals surface area contributed by atoms with Crippen molar-refractivity contribution in [2.45, 2.75) is 87.2 Å². The first kappa shape index (κ1) is 64.7. The van der Waals surface area contributed by atoms with Crippen molar-refractivity contribution in [2.24, 2.45) is 0 Å². The lowest BCUT2D eigenvalue weighted by Crippen LogP contribution is -2.60. The summed E-state index contributed by atoms with van der Waals surface area (Å²) < 4.78 is 138. The molecule has 2 amide bonds. The normalized spacial score (nSPS) is 16.0. The summed E-state index contributed by atoms with van der Waals surface area (Å²) in [6, 6.07) is 21.2. The van der Waals surface area contributed by atoms with Crippen molar-refractivity contribution >= 4 is 71.6 Å². The van der Waals surface area contributed by atoms with Crippen molar-refractivity contribution < 1.29 is 62.2 Å². The zero-order chi connectivity index (χ0) is 62.4. The van der Waals surface area contributed by atoms with Gasteiger partial charge in [0, 0.05) is 52.4 Å². The lowest BCUT2D eigenvalue weighted by molar-refractivity contribution is -0.275. The van der Waals surface area contributed by atoms with Crippen LogP contribution < -0.4 is 30.3 Å². The van der Waals surface area contributed by atoms with Crippen LogP contribution in [0, 0.1) is 0 Å². The van der Waals surface area contributed by atoms with Crippen LogP contribution in [0.5, 0.6) is 11.5 Å². The fraction of sp³-hybridized carbons (Fsp3) is 0.321. The molecular weight excluding hydrogens is 1210 g/mol. The molecular formula is C56H57ClF6N14O8S2. The largest absolute Gasteiger partial charge is 0.573 e. The topological polar surface area (TPSA) is 270 Å². The van der Waals surface area contributed by atoms with E-state index in [4.69, 9.17) is 11.6 Å². The first-order valence-corrected chi connectivity index (χ1v) is 30.2. The number of sulfonamides is 2. The number of benzene rings is 4. The highest BCUT2D eigenvalue weighted by Gasteiger charge is 2.42. The van der Waals surface area contributed by atoms with Gasteiger partial charge >= 0.3 is 12.7 Å². The van der Waals surface area contributed by atoms with Crippen molar-refractivity contribution in [2.75, 3.05) is 44.2 Å². The summed E-state index contributed by atoms with van der Waals surface area (Å²) in [6.07, 6.45) is 2.96. The Morgan fingerprint density at radius 2 is 1.03 bits per heavy atom. The molecule has 10 rings (SSSR count). The molecule has 2 aliphatic rings. The van der Waals surface area contributed by atoms with Crippen LogP contribution in [-0.2, 0) is 55.6 Å². The summed E-state index contributed by atoms with van der Waals surface area (Å²) in [5.41, 5.74) is 6.10. The minimum absolute atomic E-state index is 0.0485. The third kappa shape index (κ3) is 17.9. The van der Waals surface area contributed by atoms with Gasteiger partial charge in [-0.1, -0.05) is 86.8 Å². The highest BCUT2D eigenvalue weighted by Crippen LogP contribution is 2.30. The zero-order valence-electron chi connectivity index (χ0n) is 46.5. The molecule has 4 aromatic heterocycles. The quantitative estimate of drug-likeness (QED) is 0.0752. The standard InChI is InChI=1S/C28H28F3N7O4S.C22H26F3N3O4S.C6H3ClN4/c1-2-3-19-4-6-20(7-5-19)14-34-27(39)24-17-37(25-16-33-23-15-32-18-35-26(23)36-25)12-13-38(24)43(40,41)22-10-8-21(9-11-22)42-28(29,30)31;1-2-3-16-4-6-17(7-5-16)14-27-21(29)20-15-26-12-13-28(20)33(30,31)19-10-8-18(9-11-19)32-22(23,24)25;7-5-2-9-4-1-8-3-10-6(4)11-5/h4-11,15-16,18,24H,2-3,12-14,17H2,1H3,(H,34,39);4-11,20,26H,2-3,12-15H2,1H3,(H,27,29);1-3H/t24-;20-;/m11./s1. The lowest BCUT2D eigenvalue weighted by atomic mass is 10.1. The van der Waals surface area contributed by atoms with E-state index in [2.05, 4.69) is 79.1 Å². The van der Waals surface area contributed by atoms with Gasteiger partial charge in [0.15, 0.2) is 11.3 Å². The molecule has 2 saturated heterocycles. The lowest BCUT2D eigenvalue weighted by Gasteiger charge is -2.40. The molecule has 31 heteroatoms. The summed E-state index contributed by atoms with van der Waals surface area (Å²) in [4.78, 5) is 60.1. The second kappa shape index (κ2) is 28.9. The molecule has 87 heavy (non-hydrogen) atoms. The molecule has 0 radical (unpaired) electrons. The number of hydrogen-bond donors (Lipinski definition) is 3. The molecule has 6 heterocycles. The summed E-state index contributed by atoms with van der Waals surface area (Å²) in [6.45, 7) is 5.13. The average molecular weight is 1270 g/mol. The number of nitrogens with zero attached hydrogens (tertiary/aromatic N) is 11. The summed E-state index contributed by atoms with van der Waals surface area (Å²) >= 11 is 5.58. The molecule has 0 unspecified atom stereocenters. The molecule has 2 aliphatic heterocycles. The van der Waals surface area contributed by atoms with Gasteiger partial charge in [-0.3, -0.25) is 9.59 Å². The van der Waals surface area contributed by atoms with E-state index in [1.54, 1.807) is 11.1 Å². The second-order valence-corrected chi connectivity index (χ2v) is 23.6. The van der Waals surface area contributed by atoms with E-state index in [0.29, 0.717) is 39.8 Å². The van der Waals surface area contributed by atoms with E-state index >= 15 is 0 Å². The first-order valence-electron chi connectivity index (χ1n) is 26.9. The fourth-order valence-electron chi connectivity index (χ4n) is 9.06. The van der Waals surface area contributed by atoms with Crippen molar-refractivity contribution in [3.63, 3.8) is 0 Å². The maximum absolute atomic E-state index is 13.7. The van der Waals surface area contributed by atoms with Gasteiger partial charge < -0.3 is 30.3 Å². The Balaban J connectivity index is 0.000000196. The number of alkyl halides is 6. The van der Waals surface area contributed by atoms with E-state index in [1.165, 1.54) is 42.4 Å². The highest BCUT2D eigenvalue weighted by atomic mass is 35.5. The Kier molecular flexibility index (Phi) is 21.5. The van der Waals surface area contributed by atoms with Crippen LogP contribution in [0.4, 0.5) is 32.2 Å². The van der Waals surface area contributed by atoms with Gasteiger partial charge in [-0.2, -0.15) is 8.61 Å². The van der Waals surface area contributed by atoms with E-state index < -0.39 is 68.2 Å². The van der Waals surface area contributed by atoms with Crippen LogP contribution in [0.1, 0.15) is 48.9 Å². The number of carbonyl (C=O) groups is 2. The molecule has 0 spiro atoms. The summed E-state index contributed by atoms with van der Waals surface area (Å²) in [5, 5.41) is 8.97. The Morgan fingerprint density at radius 1 is 0.586 bits per heavy atom. The van der Waals surface area contributed by atoms with E-state index in [1.807, 2.05) is 48.5 Å². The number of ether oxygens (including phenoxy) is 2. The van der Waals surface area contributed by atoms with Crippen molar-refractivity contribution in [1.29, 1.82) is 0 Å². The fourth-order valence-corrected chi connectivity index (χ4v) is 12.4. The highest BCUT2D eigenvalue weighted by molar-refractivity contribution is 7.89. The van der Waals surface area contributed by atoms with Crippen molar-refractivity contribution in [3.05, 3.63) is 162 Å². The number of rotatable bonds is 17. The molecule has 22 nitrogen and oxygen atoms in total. The maximum Gasteiger partial charge on any atom is 0.573 e. The molecule has 0 bridgehead atoms. The smallest absolute Gasteiger partial charge is 0.406 e. The maximum atomic E-state index is 13.7. The van der Waals surface area contributed by atoms with Crippen molar-refractivity contribution in [3.8, 4) is 11.5 Å². The number of carbonyl (C=O) groups excluding carboxylic acids is 2. The van der Waals surface area contributed by atoms with E-state index in [0.717, 1.165) is 94.0 Å². The number of aryl methyl sites for hydroxylation is 2. The van der Waals surface area contributed by atoms with Gasteiger partial charge in [0.05, 0.1) is 34.6 Å². The number of piperazine rings is 2. The van der Waals surface area contributed by atoms with Crippen LogP contribution in [-0.4, -0.2) is 141 Å². The Morgan fingerprint density at radius 3 is 1.52 bits per heavy atom. The molecule has 2 fully saturated rings. The van der Waals surface area contributed by atoms with Gasteiger partial charge in [0.2, 0.25) is 31.9 Å². The Hall–Kier alpha value is -8.29. The minimum atomic E-state index is -4.92. The molecule has 0 aliphatic carbocycles. The van der Waals surface area contributed by atoms with Gasteiger partial charge in [-0.15, -0.1) is 26.3 Å². The number of halogens is 7. The van der Waals surface area contributed by atoms with Gasteiger partial charge in [0.1, 0.15) is 58.2 Å². The number of aromatic nitrogens is 8. The Bertz CT molecular complexity index is 3850. The first-order chi connectivity index (χ1) is 41.5. The predicted molar refractivity (Wildman–Crippen MR) is 307 cm³/mol. The predicted octanol–water partition coefficient (Wildman–Crippen LogP) is 7.36. The second-order valence-electron chi connectivity index (χ2n) is 19.4. The number of anilines is 1. The van der Waals surface area contributed by atoms with Gasteiger partial charge in [-0.25, -0.2) is 56.7 Å². The average Bonchev–Trinajstić information content (AvgIpc) is 1.78. The molecule has 2 atom stereocenters. The van der Waals surface area contributed by atoms with Crippen LogP contribution in [0.15, 0.2) is 144 Å². The Labute approximate surface area is 500 Å². The number of nitrogens with one attached hydrogen (secondary N) is 3. The third-order valence-corrected chi connectivity index (χ3v) is 17.3. The molecule has 0 saturated carbocycles. The number of hydrogen-bond acceptors (Lipinski definition) is 18. The summed E-state index contributed by atoms with van der Waals surface area (Å²) in [5.74, 6) is -1.68. The summed E-state index contributed by atoms with van der Waals surface area (Å²) in [7, 11) is -8.42. The van der Waals surface area contributed by atoms with Crippen LogP contribution in [0.2, 0.25) is 5.15 Å². The molecule has 8 aromatic rings. The SMILES string of the molecule is CCCc1ccc(CNC(=O)[C@H]2CN(c3cnc4cncnc4n3)CCN2S(=O)(=O)c2ccc(OC(F)(F)F)cc2)cc1.CCCc1ccc(CNC(=O)[C@H]2CNCCN2S(=O)(=O)c2ccc(OC(F)(F)F)cc2)cc1.Clc1cnc2cncnc2n1.